The summed E-state index contributed by atoms with van der Waals surface area (Å²) in [5.74, 6) is 0.338. The molecule has 166 valence electrons. The number of hydrogen-bond donors (Lipinski definition) is 0. The van der Waals surface area contributed by atoms with Gasteiger partial charge in [0.25, 0.3) is 0 Å². The maximum atomic E-state index is 12.8. The number of halogens is 3. The second-order valence-corrected chi connectivity index (χ2v) is 8.75. The van der Waals surface area contributed by atoms with Gasteiger partial charge in [-0.25, -0.2) is 0 Å². The van der Waals surface area contributed by atoms with E-state index in [1.54, 1.807) is 0 Å². The van der Waals surface area contributed by atoms with Gasteiger partial charge >= 0.3 is 6.36 Å². The van der Waals surface area contributed by atoms with E-state index < -0.39 is 12.5 Å². The van der Waals surface area contributed by atoms with Crippen molar-refractivity contribution in [2.75, 3.05) is 39.3 Å². The zero-order chi connectivity index (χ0) is 21.3. The van der Waals surface area contributed by atoms with Crippen molar-refractivity contribution in [1.29, 1.82) is 0 Å². The molecule has 3 saturated heterocycles. The second-order valence-electron chi connectivity index (χ2n) is 8.75. The molecule has 1 aromatic rings. The van der Waals surface area contributed by atoms with E-state index in [-0.39, 0.29) is 17.6 Å². The number of likely N-dealkylation sites (tertiary alicyclic amines) is 3. The molecule has 30 heavy (non-hydrogen) atoms. The second kappa shape index (κ2) is 8.63. The average molecular weight is 426 g/mol. The summed E-state index contributed by atoms with van der Waals surface area (Å²) in [7, 11) is 0. The van der Waals surface area contributed by atoms with Crippen molar-refractivity contribution in [2.45, 2.75) is 38.7 Å². The first-order valence-corrected chi connectivity index (χ1v) is 10.5. The van der Waals surface area contributed by atoms with Crippen molar-refractivity contribution in [3.05, 3.63) is 29.3 Å². The number of piperidine rings is 1. The number of hydrogen-bond acceptors (Lipinski definition) is 5. The lowest BCUT2D eigenvalue weighted by Crippen LogP contribution is -2.41. The fourth-order valence-electron chi connectivity index (χ4n) is 5.11. The third-order valence-corrected chi connectivity index (χ3v) is 6.34. The molecule has 3 heterocycles. The van der Waals surface area contributed by atoms with E-state index in [1.807, 2.05) is 6.07 Å². The monoisotopic (exact) mass is 426 g/mol. The lowest BCUT2D eigenvalue weighted by molar-refractivity contribution is -0.274. The SMILES string of the molecule is O=C([O-])N1CC2CN(Cc3cc(CN4CCCCC4)cc(OC(F)(F)F)c3)CC2C1. The molecule has 3 aliphatic rings. The summed E-state index contributed by atoms with van der Waals surface area (Å²) in [5, 5.41) is 11.0. The van der Waals surface area contributed by atoms with Gasteiger partial charge in [0.05, 0.1) is 0 Å². The summed E-state index contributed by atoms with van der Waals surface area (Å²) in [6.45, 7) is 5.49. The lowest BCUT2D eigenvalue weighted by atomic mass is 10.0. The third-order valence-electron chi connectivity index (χ3n) is 6.34. The number of rotatable bonds is 5. The molecule has 0 aliphatic carbocycles. The molecular weight excluding hydrogens is 399 g/mol. The van der Waals surface area contributed by atoms with Crippen molar-refractivity contribution in [2.24, 2.45) is 11.8 Å². The average Bonchev–Trinajstić information content (AvgIpc) is 3.19. The number of nitrogens with zero attached hydrogens (tertiary/aromatic N) is 3. The van der Waals surface area contributed by atoms with Gasteiger partial charge in [-0.2, -0.15) is 0 Å². The highest BCUT2D eigenvalue weighted by atomic mass is 19.4. The Balaban J connectivity index is 1.44. The van der Waals surface area contributed by atoms with Crippen molar-refractivity contribution < 1.29 is 27.8 Å². The van der Waals surface area contributed by atoms with E-state index >= 15 is 0 Å². The predicted molar refractivity (Wildman–Crippen MR) is 101 cm³/mol. The number of amides is 1. The Morgan fingerprint density at radius 1 is 0.933 bits per heavy atom. The maximum Gasteiger partial charge on any atom is 0.573 e. The predicted octanol–water partition coefficient (Wildman–Crippen LogP) is 2.28. The number of benzene rings is 1. The standard InChI is InChI=1S/C21H28F3N3O3/c22-21(23,24)30-19-7-15(9-25-4-2-1-3-5-25)6-16(8-19)10-26-11-17-13-27(20(28)29)14-18(17)12-26/h6-8,17-18H,1-5,9-14H2,(H,28,29)/p-1. The van der Waals surface area contributed by atoms with Gasteiger partial charge in [0.2, 0.25) is 0 Å². The Labute approximate surface area is 174 Å². The molecule has 6 nitrogen and oxygen atoms in total. The smallest absolute Gasteiger partial charge is 0.530 e. The van der Waals surface area contributed by atoms with Crippen LogP contribution in [0.15, 0.2) is 18.2 Å². The highest BCUT2D eigenvalue weighted by Crippen LogP contribution is 2.33. The minimum absolute atomic E-state index is 0.172. The van der Waals surface area contributed by atoms with Gasteiger partial charge in [-0.05, 0) is 61.0 Å². The summed E-state index contributed by atoms with van der Waals surface area (Å²) >= 11 is 0. The highest BCUT2D eigenvalue weighted by Gasteiger charge is 2.40. The van der Waals surface area contributed by atoms with E-state index in [9.17, 15) is 23.1 Å². The van der Waals surface area contributed by atoms with Gasteiger partial charge in [0.15, 0.2) is 0 Å². The molecule has 0 bridgehead atoms. The highest BCUT2D eigenvalue weighted by molar-refractivity contribution is 5.63. The van der Waals surface area contributed by atoms with Gasteiger partial charge in [-0.3, -0.25) is 9.80 Å². The van der Waals surface area contributed by atoms with Crippen molar-refractivity contribution in [1.82, 2.24) is 14.7 Å². The third kappa shape index (κ3) is 5.37. The summed E-state index contributed by atoms with van der Waals surface area (Å²) < 4.78 is 42.7. The molecule has 3 aliphatic heterocycles. The van der Waals surface area contributed by atoms with Crippen LogP contribution in [0.1, 0.15) is 30.4 Å². The minimum atomic E-state index is -4.72. The van der Waals surface area contributed by atoms with E-state index in [1.165, 1.54) is 23.5 Å². The van der Waals surface area contributed by atoms with Crippen LogP contribution in [-0.4, -0.2) is 66.4 Å². The summed E-state index contributed by atoms with van der Waals surface area (Å²) in [5.41, 5.74) is 1.62. The van der Waals surface area contributed by atoms with Crippen molar-refractivity contribution in [3.8, 4) is 5.75 Å². The zero-order valence-corrected chi connectivity index (χ0v) is 16.9. The fourth-order valence-corrected chi connectivity index (χ4v) is 5.11. The quantitative estimate of drug-likeness (QED) is 0.723. The normalized spacial score (nSPS) is 25.5. The first-order chi connectivity index (χ1) is 14.2. The molecule has 0 saturated carbocycles. The van der Waals surface area contributed by atoms with Crippen LogP contribution in [0.4, 0.5) is 18.0 Å². The number of carbonyl (C=O) groups excluding carboxylic acids is 1. The number of ether oxygens (including phenoxy) is 1. The Kier molecular flexibility index (Phi) is 6.11. The fraction of sp³-hybridized carbons (Fsp3) is 0.667. The lowest BCUT2D eigenvalue weighted by Gasteiger charge is -2.27. The Morgan fingerprint density at radius 3 is 2.03 bits per heavy atom. The molecule has 1 aromatic carbocycles. The molecule has 0 aromatic heterocycles. The molecule has 2 unspecified atom stereocenters. The largest absolute Gasteiger partial charge is 0.573 e. The number of carbonyl (C=O) groups is 1. The van der Waals surface area contributed by atoms with E-state index in [0.717, 1.165) is 50.1 Å². The van der Waals surface area contributed by atoms with Crippen molar-refractivity contribution in [3.63, 3.8) is 0 Å². The van der Waals surface area contributed by atoms with Gasteiger partial charge in [-0.1, -0.05) is 12.5 Å². The van der Waals surface area contributed by atoms with E-state index in [0.29, 0.717) is 26.2 Å². The van der Waals surface area contributed by atoms with Gasteiger partial charge in [0.1, 0.15) is 11.8 Å². The van der Waals surface area contributed by atoms with E-state index in [4.69, 9.17) is 0 Å². The molecule has 3 fully saturated rings. The first-order valence-electron chi connectivity index (χ1n) is 10.5. The van der Waals surface area contributed by atoms with Crippen LogP contribution >= 0.6 is 0 Å². The summed E-state index contributed by atoms with van der Waals surface area (Å²) in [4.78, 5) is 16.9. The molecular formula is C21H27F3N3O3-. The van der Waals surface area contributed by atoms with Crippen LogP contribution in [0.3, 0.4) is 0 Å². The van der Waals surface area contributed by atoms with Crippen LogP contribution < -0.4 is 9.84 Å². The van der Waals surface area contributed by atoms with Crippen LogP contribution in [0.25, 0.3) is 0 Å². The molecule has 4 rings (SSSR count). The van der Waals surface area contributed by atoms with Gasteiger partial charge in [-0.15, -0.1) is 13.2 Å². The van der Waals surface area contributed by atoms with Crippen molar-refractivity contribution >= 4 is 6.09 Å². The molecule has 0 spiro atoms. The number of fused-ring (bicyclic) bond motifs is 1. The molecule has 9 heteroatoms. The summed E-state index contributed by atoms with van der Waals surface area (Å²) in [6.07, 6.45) is -2.42. The Hall–Kier alpha value is -2.00. The maximum absolute atomic E-state index is 12.8. The summed E-state index contributed by atoms with van der Waals surface area (Å²) in [6, 6.07) is 4.93. The topological polar surface area (TPSA) is 59.1 Å². The van der Waals surface area contributed by atoms with Gasteiger partial charge < -0.3 is 19.5 Å². The minimum Gasteiger partial charge on any atom is -0.530 e. The molecule has 2 atom stereocenters. The number of alkyl halides is 3. The van der Waals surface area contributed by atoms with E-state index in [2.05, 4.69) is 14.5 Å². The number of carboxylic acid groups (broad SMARTS) is 1. The zero-order valence-electron chi connectivity index (χ0n) is 16.9. The Bertz CT molecular complexity index is 754. The van der Waals surface area contributed by atoms with Crippen LogP contribution in [0.2, 0.25) is 0 Å². The van der Waals surface area contributed by atoms with Crippen LogP contribution in [-0.2, 0) is 13.1 Å². The van der Waals surface area contributed by atoms with Gasteiger partial charge in [0, 0.05) is 39.3 Å². The van der Waals surface area contributed by atoms with Crippen LogP contribution in [0, 0.1) is 11.8 Å². The molecule has 0 N–H and O–H groups in total. The first kappa shape index (κ1) is 21.2. The van der Waals surface area contributed by atoms with Crippen LogP contribution in [0.5, 0.6) is 5.75 Å². The Morgan fingerprint density at radius 2 is 1.50 bits per heavy atom. The molecule has 0 radical (unpaired) electrons. The molecule has 1 amide bonds.